The van der Waals surface area contributed by atoms with Gasteiger partial charge in [-0.1, -0.05) is 54.6 Å². The number of benzene rings is 2. The number of esters is 1. The zero-order valence-corrected chi connectivity index (χ0v) is 20.0. The van der Waals surface area contributed by atoms with Crippen LogP contribution in [0.5, 0.6) is 0 Å². The van der Waals surface area contributed by atoms with E-state index in [-0.39, 0.29) is 43.0 Å². The Labute approximate surface area is 196 Å². The van der Waals surface area contributed by atoms with Gasteiger partial charge in [-0.3, -0.25) is 4.79 Å². The molecule has 0 bridgehead atoms. The third-order valence-electron chi connectivity index (χ3n) is 4.23. The number of rotatable bonds is 7. The summed E-state index contributed by atoms with van der Waals surface area (Å²) in [7, 11) is 0. The second-order valence-corrected chi connectivity index (χ2v) is 7.85. The Hall–Kier alpha value is -1.88. The van der Waals surface area contributed by atoms with Crippen molar-refractivity contribution in [3.63, 3.8) is 0 Å². The van der Waals surface area contributed by atoms with Gasteiger partial charge in [0.05, 0.1) is 6.42 Å². The van der Waals surface area contributed by atoms with Crippen molar-refractivity contribution in [1.29, 1.82) is 0 Å². The van der Waals surface area contributed by atoms with Gasteiger partial charge >= 0.3 is 41.5 Å². The van der Waals surface area contributed by atoms with Crippen molar-refractivity contribution in [3.05, 3.63) is 71.3 Å². The van der Waals surface area contributed by atoms with E-state index in [1.807, 2.05) is 18.2 Å². The minimum atomic E-state index is -1.08. The second kappa shape index (κ2) is 11.3. The van der Waals surface area contributed by atoms with E-state index in [4.69, 9.17) is 4.74 Å². The largest absolute Gasteiger partial charge is 1.00 e. The zero-order chi connectivity index (χ0) is 20.7. The fourth-order valence-electron chi connectivity index (χ4n) is 3.00. The second-order valence-electron chi connectivity index (χ2n) is 7.85. The molecule has 0 unspecified atom stereocenters. The van der Waals surface area contributed by atoms with E-state index in [1.54, 1.807) is 26.8 Å². The van der Waals surface area contributed by atoms with Crippen molar-refractivity contribution < 1.29 is 50.4 Å². The molecule has 0 aliphatic heterocycles. The van der Waals surface area contributed by atoms with Gasteiger partial charge in [-0.15, -0.1) is 0 Å². The molecule has 2 rings (SSSR count). The summed E-state index contributed by atoms with van der Waals surface area (Å²) in [5.41, 5.74) is 4.13. The number of ether oxygens (including phenoxy) is 1. The molecule has 5 heteroatoms. The predicted molar refractivity (Wildman–Crippen MR) is 112 cm³/mol. The van der Waals surface area contributed by atoms with E-state index in [2.05, 4.69) is 37.3 Å². The van der Waals surface area contributed by atoms with Crippen LogP contribution in [-0.2, 0) is 20.7 Å². The number of aryl methyl sites for hydroxylation is 2. The Morgan fingerprint density at radius 2 is 1.76 bits per heavy atom. The maximum absolute atomic E-state index is 11.9. The molecule has 2 aromatic rings. The normalized spacial score (nSPS) is 11.5. The topological polar surface area (TPSA) is 63.6 Å². The van der Waals surface area contributed by atoms with Gasteiger partial charge in [0.2, 0.25) is 0 Å². The van der Waals surface area contributed by atoms with Crippen molar-refractivity contribution in [2.24, 2.45) is 0 Å². The number of carboxylic acids is 1. The van der Waals surface area contributed by atoms with E-state index in [0.29, 0.717) is 12.8 Å². The molecule has 0 aromatic heterocycles. The van der Waals surface area contributed by atoms with Gasteiger partial charge in [0.1, 0.15) is 5.60 Å². The zero-order valence-electron chi connectivity index (χ0n) is 19.0. The molecule has 0 saturated carbocycles. The van der Waals surface area contributed by atoms with Crippen LogP contribution in [0, 0.1) is 6.92 Å². The maximum atomic E-state index is 11.9. The molecule has 0 radical (unpaired) electrons. The van der Waals surface area contributed by atoms with Crippen LogP contribution in [0.2, 0.25) is 0 Å². The Bertz CT molecular complexity index is 871. The summed E-state index contributed by atoms with van der Waals surface area (Å²) in [4.78, 5) is 23.3. The summed E-state index contributed by atoms with van der Waals surface area (Å²) in [6, 6.07) is 16.5. The molecule has 0 amide bonds. The van der Waals surface area contributed by atoms with E-state index < -0.39 is 17.5 Å². The van der Waals surface area contributed by atoms with E-state index in [9.17, 15) is 14.7 Å². The van der Waals surface area contributed by atoms with Gasteiger partial charge in [0, 0.05) is 5.57 Å². The summed E-state index contributed by atoms with van der Waals surface area (Å²) >= 11 is 0. The monoisotopic (exact) mass is 404 g/mol. The SMILES string of the molecule is Cc1cc(CCC=C(CC(=O)OC(C)(C)C)C(=O)O)ccc1-c1ccccc1.[H-].[Na+]. The quantitative estimate of drug-likeness (QED) is 0.437. The maximum Gasteiger partial charge on any atom is 1.00 e. The van der Waals surface area contributed by atoms with Crippen molar-refractivity contribution >= 4 is 11.9 Å². The molecule has 0 aliphatic carbocycles. The summed E-state index contributed by atoms with van der Waals surface area (Å²) in [5, 5.41) is 9.35. The van der Waals surface area contributed by atoms with E-state index >= 15 is 0 Å². The van der Waals surface area contributed by atoms with Crippen molar-refractivity contribution in [2.75, 3.05) is 0 Å². The van der Waals surface area contributed by atoms with Crippen LogP contribution in [0.3, 0.4) is 0 Å². The molecule has 150 valence electrons. The van der Waals surface area contributed by atoms with Gasteiger partial charge in [-0.05, 0) is 62.8 Å². The van der Waals surface area contributed by atoms with E-state index in [0.717, 1.165) is 5.56 Å². The molecule has 1 N–H and O–H groups in total. The first kappa shape index (κ1) is 25.2. The number of carbonyl (C=O) groups is 2. The van der Waals surface area contributed by atoms with E-state index in [1.165, 1.54) is 16.7 Å². The molecule has 0 aliphatic rings. The molecule has 0 spiro atoms. The van der Waals surface area contributed by atoms with Gasteiger partial charge in [-0.2, -0.15) is 0 Å². The number of aliphatic carboxylic acids is 1. The van der Waals surface area contributed by atoms with Crippen molar-refractivity contribution in [1.82, 2.24) is 0 Å². The molecule has 0 fully saturated rings. The number of carbonyl (C=O) groups excluding carboxylic acids is 1. The molecular formula is C24H29NaO4. The van der Waals surface area contributed by atoms with Crippen molar-refractivity contribution in [3.8, 4) is 11.1 Å². The summed E-state index contributed by atoms with van der Waals surface area (Å²) < 4.78 is 5.21. The van der Waals surface area contributed by atoms with Crippen LogP contribution in [0.4, 0.5) is 0 Å². The Kier molecular flexibility index (Phi) is 9.84. The fourth-order valence-corrected chi connectivity index (χ4v) is 3.00. The molecule has 0 atom stereocenters. The van der Waals surface area contributed by atoms with Crippen LogP contribution < -0.4 is 29.6 Å². The van der Waals surface area contributed by atoms with Crippen molar-refractivity contribution in [2.45, 2.75) is 52.6 Å². The van der Waals surface area contributed by atoms with Gasteiger partial charge in [0.15, 0.2) is 0 Å². The Morgan fingerprint density at radius 3 is 2.31 bits per heavy atom. The molecule has 29 heavy (non-hydrogen) atoms. The van der Waals surface area contributed by atoms with Crippen LogP contribution in [0.25, 0.3) is 11.1 Å². The Balaban J connectivity index is 0.00000420. The summed E-state index contributed by atoms with van der Waals surface area (Å²) in [6.45, 7) is 7.36. The molecule has 0 saturated heterocycles. The first-order valence-corrected chi connectivity index (χ1v) is 9.45. The molecular weight excluding hydrogens is 375 g/mol. The Morgan fingerprint density at radius 1 is 1.10 bits per heavy atom. The van der Waals surface area contributed by atoms with Crippen LogP contribution in [0.1, 0.15) is 46.2 Å². The first-order chi connectivity index (χ1) is 13.2. The average Bonchev–Trinajstić information content (AvgIpc) is 2.60. The smallest absolute Gasteiger partial charge is 1.00 e. The third-order valence-corrected chi connectivity index (χ3v) is 4.23. The third kappa shape index (κ3) is 8.57. The fraction of sp³-hybridized carbons (Fsp3) is 0.333. The number of allylic oxidation sites excluding steroid dienone is 1. The van der Waals surface area contributed by atoms with Gasteiger partial charge in [0.25, 0.3) is 0 Å². The van der Waals surface area contributed by atoms with Gasteiger partial charge < -0.3 is 11.3 Å². The number of hydrogen-bond donors (Lipinski definition) is 1. The van der Waals surface area contributed by atoms with Gasteiger partial charge in [-0.25, -0.2) is 4.79 Å². The standard InChI is InChI=1S/C24H28O4.Na.H/c1-17-15-18(13-14-21(17)19-10-6-5-7-11-19)9-8-12-20(23(26)27)16-22(25)28-24(2,3)4;;/h5-7,10-15H,8-9,16H2,1-4H3,(H,26,27);;/q;+1;-1. The average molecular weight is 404 g/mol. The molecule has 4 nitrogen and oxygen atoms in total. The minimum Gasteiger partial charge on any atom is -1.00 e. The van der Waals surface area contributed by atoms with Crippen LogP contribution in [-0.4, -0.2) is 22.6 Å². The number of hydrogen-bond acceptors (Lipinski definition) is 3. The molecule has 2 aromatic carbocycles. The first-order valence-electron chi connectivity index (χ1n) is 9.45. The van der Waals surface area contributed by atoms with Crippen LogP contribution in [0.15, 0.2) is 60.2 Å². The summed E-state index contributed by atoms with van der Waals surface area (Å²) in [5.74, 6) is -1.61. The molecule has 0 heterocycles. The minimum absolute atomic E-state index is 0. The predicted octanol–water partition coefficient (Wildman–Crippen LogP) is 2.45. The summed E-state index contributed by atoms with van der Waals surface area (Å²) in [6.07, 6.45) is 2.65. The van der Waals surface area contributed by atoms with Crippen LogP contribution >= 0.6 is 0 Å². The number of carboxylic acid groups (broad SMARTS) is 1.